The number of nitrogens with zero attached hydrogens (tertiary/aromatic N) is 1. The molecule has 1 atom stereocenters. The Morgan fingerprint density at radius 3 is 2.21 bits per heavy atom. The second-order valence-electron chi connectivity index (χ2n) is 9.96. The summed E-state index contributed by atoms with van der Waals surface area (Å²) in [6.07, 6.45) is -0.356. The van der Waals surface area contributed by atoms with E-state index in [9.17, 15) is 14.7 Å². The van der Waals surface area contributed by atoms with Crippen molar-refractivity contribution in [2.45, 2.75) is 84.3 Å². The van der Waals surface area contributed by atoms with Crippen molar-refractivity contribution in [1.82, 2.24) is 4.90 Å². The van der Waals surface area contributed by atoms with Crippen LogP contribution in [0.15, 0.2) is 18.2 Å². The number of benzene rings is 1. The Bertz CT molecular complexity index is 761. The van der Waals surface area contributed by atoms with E-state index >= 15 is 0 Å². The Morgan fingerprint density at radius 1 is 1.11 bits per heavy atom. The van der Waals surface area contributed by atoms with Crippen molar-refractivity contribution < 1.29 is 23.9 Å². The molecular formula is C21H33NO5Si. The van der Waals surface area contributed by atoms with Crippen molar-refractivity contribution in [2.75, 3.05) is 0 Å². The van der Waals surface area contributed by atoms with Crippen LogP contribution in [0.3, 0.4) is 0 Å². The predicted molar refractivity (Wildman–Crippen MR) is 111 cm³/mol. The number of hydrogen-bond acceptors (Lipinski definition) is 4. The van der Waals surface area contributed by atoms with Crippen LogP contribution in [0, 0.1) is 0 Å². The van der Waals surface area contributed by atoms with Crippen molar-refractivity contribution in [1.29, 1.82) is 0 Å². The van der Waals surface area contributed by atoms with Gasteiger partial charge in [0.1, 0.15) is 17.4 Å². The highest BCUT2D eigenvalue weighted by atomic mass is 28.4. The Labute approximate surface area is 169 Å². The topological polar surface area (TPSA) is 76.1 Å². The fourth-order valence-electron chi connectivity index (χ4n) is 2.81. The predicted octanol–water partition coefficient (Wildman–Crippen LogP) is 4.82. The summed E-state index contributed by atoms with van der Waals surface area (Å²) in [6, 6.07) is 4.82. The fourth-order valence-corrected chi connectivity index (χ4v) is 3.83. The quantitative estimate of drug-likeness (QED) is 0.727. The maximum Gasteiger partial charge on any atom is 0.411 e. The molecule has 0 fully saturated rings. The van der Waals surface area contributed by atoms with Crippen LogP contribution in [-0.4, -0.2) is 42.0 Å². The number of fused-ring (bicyclic) bond motifs is 1. The molecule has 0 aromatic heterocycles. The van der Waals surface area contributed by atoms with E-state index in [0.29, 0.717) is 0 Å². The van der Waals surface area contributed by atoms with Gasteiger partial charge in [0.15, 0.2) is 0 Å². The first-order chi connectivity index (χ1) is 12.6. The Morgan fingerprint density at radius 2 is 1.71 bits per heavy atom. The Balaban J connectivity index is 2.32. The van der Waals surface area contributed by atoms with E-state index in [4.69, 9.17) is 9.16 Å². The van der Waals surface area contributed by atoms with E-state index in [-0.39, 0.29) is 18.0 Å². The first-order valence-electron chi connectivity index (χ1n) is 9.64. The standard InChI is InChI=1S/C21H33NO5Si/c1-20(2,3)26-19(25)22-13-15-11-16(27-28(7,8)21(4,5)6)10-9-14(15)12-17(22)18(23)24/h9-11,17H,12-13H2,1-8H3,(H,23,24)/t17-/m0/s1. The van der Waals surface area contributed by atoms with Gasteiger partial charge in [-0.3, -0.25) is 4.90 Å². The molecule has 0 saturated heterocycles. The van der Waals surface area contributed by atoms with Gasteiger partial charge in [0.05, 0.1) is 6.54 Å². The van der Waals surface area contributed by atoms with Gasteiger partial charge < -0.3 is 14.3 Å². The van der Waals surface area contributed by atoms with E-state index in [2.05, 4.69) is 33.9 Å². The highest BCUT2D eigenvalue weighted by Gasteiger charge is 2.40. The monoisotopic (exact) mass is 407 g/mol. The maximum atomic E-state index is 12.6. The van der Waals surface area contributed by atoms with E-state index in [1.807, 2.05) is 18.2 Å². The Kier molecular flexibility index (Phi) is 5.90. The summed E-state index contributed by atoms with van der Waals surface area (Å²) in [4.78, 5) is 25.6. The van der Waals surface area contributed by atoms with Gasteiger partial charge in [-0.05, 0) is 62.2 Å². The average Bonchev–Trinajstić information content (AvgIpc) is 2.50. The first kappa shape index (κ1) is 22.3. The zero-order chi connectivity index (χ0) is 21.5. The lowest BCUT2D eigenvalue weighted by Crippen LogP contribution is -2.50. The van der Waals surface area contributed by atoms with Gasteiger partial charge in [-0.2, -0.15) is 0 Å². The summed E-state index contributed by atoms with van der Waals surface area (Å²) in [5.41, 5.74) is 1.14. The van der Waals surface area contributed by atoms with Gasteiger partial charge in [-0.25, -0.2) is 9.59 Å². The second kappa shape index (κ2) is 7.42. The molecule has 0 bridgehead atoms. The third kappa shape index (κ3) is 5.07. The molecule has 0 aliphatic carbocycles. The van der Waals surface area contributed by atoms with Gasteiger partial charge in [0, 0.05) is 6.42 Å². The lowest BCUT2D eigenvalue weighted by atomic mass is 9.94. The van der Waals surface area contributed by atoms with Gasteiger partial charge >= 0.3 is 12.1 Å². The number of carboxylic acids is 1. The molecule has 2 rings (SSSR count). The van der Waals surface area contributed by atoms with E-state index < -0.39 is 32.0 Å². The van der Waals surface area contributed by atoms with Crippen molar-refractivity contribution in [2.24, 2.45) is 0 Å². The SMILES string of the molecule is CC(C)(C)OC(=O)N1Cc2cc(O[Si](C)(C)C(C)(C)C)ccc2C[C@H]1C(=O)O. The number of hydrogen-bond donors (Lipinski definition) is 1. The number of carbonyl (C=O) groups is 2. The zero-order valence-electron chi connectivity index (χ0n) is 18.3. The fraction of sp³-hybridized carbons (Fsp3) is 0.619. The number of amides is 1. The number of carboxylic acid groups (broad SMARTS) is 1. The molecule has 1 aliphatic heterocycles. The molecule has 1 N–H and O–H groups in total. The first-order valence-corrected chi connectivity index (χ1v) is 12.5. The van der Waals surface area contributed by atoms with Crippen LogP contribution in [0.2, 0.25) is 18.1 Å². The van der Waals surface area contributed by atoms with Crippen LogP contribution in [-0.2, 0) is 22.5 Å². The molecule has 6 nitrogen and oxygen atoms in total. The maximum absolute atomic E-state index is 12.6. The molecule has 28 heavy (non-hydrogen) atoms. The van der Waals surface area contributed by atoms with Crippen LogP contribution < -0.4 is 4.43 Å². The molecule has 156 valence electrons. The lowest BCUT2D eigenvalue weighted by molar-refractivity contribution is -0.143. The van der Waals surface area contributed by atoms with Gasteiger partial charge in [0.25, 0.3) is 0 Å². The summed E-state index contributed by atoms with van der Waals surface area (Å²) >= 11 is 0. The number of aliphatic carboxylic acids is 1. The van der Waals surface area contributed by atoms with Crippen molar-refractivity contribution in [3.63, 3.8) is 0 Å². The minimum atomic E-state index is -1.99. The Hall–Kier alpha value is -2.02. The molecule has 1 amide bonds. The summed E-state index contributed by atoms with van der Waals surface area (Å²) in [5, 5.41) is 9.68. The van der Waals surface area contributed by atoms with Crippen LogP contribution in [0.5, 0.6) is 5.75 Å². The van der Waals surface area contributed by atoms with Crippen LogP contribution in [0.1, 0.15) is 52.7 Å². The van der Waals surface area contributed by atoms with E-state index in [1.54, 1.807) is 20.8 Å². The van der Waals surface area contributed by atoms with E-state index in [1.165, 1.54) is 4.90 Å². The van der Waals surface area contributed by atoms with Crippen molar-refractivity contribution in [3.05, 3.63) is 29.3 Å². The molecule has 1 aromatic rings. The van der Waals surface area contributed by atoms with Crippen molar-refractivity contribution in [3.8, 4) is 5.75 Å². The van der Waals surface area contributed by atoms with Gasteiger partial charge in [0.2, 0.25) is 8.32 Å². The highest BCUT2D eigenvalue weighted by Crippen LogP contribution is 2.38. The number of rotatable bonds is 3. The van der Waals surface area contributed by atoms with Crippen LogP contribution >= 0.6 is 0 Å². The molecule has 0 saturated carbocycles. The molecule has 1 heterocycles. The van der Waals surface area contributed by atoms with Gasteiger partial charge in [-0.1, -0.05) is 26.8 Å². The van der Waals surface area contributed by atoms with Crippen LogP contribution in [0.25, 0.3) is 0 Å². The normalized spacial score (nSPS) is 17.7. The van der Waals surface area contributed by atoms with E-state index in [0.717, 1.165) is 16.9 Å². The smallest absolute Gasteiger partial charge is 0.411 e. The summed E-state index contributed by atoms with van der Waals surface area (Å²) < 4.78 is 11.8. The minimum Gasteiger partial charge on any atom is -0.543 e. The molecule has 1 aliphatic rings. The molecule has 0 radical (unpaired) electrons. The second-order valence-corrected chi connectivity index (χ2v) is 14.7. The zero-order valence-corrected chi connectivity index (χ0v) is 19.3. The van der Waals surface area contributed by atoms with Gasteiger partial charge in [-0.15, -0.1) is 0 Å². The third-order valence-electron chi connectivity index (χ3n) is 5.40. The summed E-state index contributed by atoms with van der Waals surface area (Å²) in [7, 11) is -1.99. The lowest BCUT2D eigenvalue weighted by Gasteiger charge is -2.38. The molecule has 7 heteroatoms. The summed E-state index contributed by atoms with van der Waals surface area (Å²) in [6.45, 7) is 16.4. The summed E-state index contributed by atoms with van der Waals surface area (Å²) in [5.74, 6) is -0.263. The molecular weight excluding hydrogens is 374 g/mol. The number of carbonyl (C=O) groups excluding carboxylic acids is 1. The minimum absolute atomic E-state index is 0.0693. The van der Waals surface area contributed by atoms with Crippen molar-refractivity contribution >= 4 is 20.4 Å². The highest BCUT2D eigenvalue weighted by molar-refractivity contribution is 6.74. The molecule has 0 spiro atoms. The van der Waals surface area contributed by atoms with Crippen LogP contribution in [0.4, 0.5) is 4.79 Å². The number of ether oxygens (including phenoxy) is 1. The largest absolute Gasteiger partial charge is 0.543 e. The third-order valence-corrected chi connectivity index (χ3v) is 9.76. The molecule has 1 aromatic carbocycles. The average molecular weight is 408 g/mol. The molecule has 0 unspecified atom stereocenters.